The lowest BCUT2D eigenvalue weighted by atomic mass is 10.2. The van der Waals surface area contributed by atoms with Gasteiger partial charge >= 0.3 is 5.97 Å². The Balaban J connectivity index is 2.54. The zero-order valence-corrected chi connectivity index (χ0v) is 5.10. The summed E-state index contributed by atoms with van der Waals surface area (Å²) in [4.78, 5) is 10.2. The Morgan fingerprint density at radius 1 is 1.50 bits per heavy atom. The van der Waals surface area contributed by atoms with Crippen LogP contribution in [-0.4, -0.2) is 39.8 Å². The summed E-state index contributed by atoms with van der Waals surface area (Å²) in [6, 6.07) is 0. The monoisotopic (exact) mass is 148 g/mol. The number of hydrogen-bond donors (Lipinski definition) is 3. The smallest absolute Gasteiger partial charge is 0.335 e. The third-order valence-electron chi connectivity index (χ3n) is 1.34. The van der Waals surface area contributed by atoms with Crippen LogP contribution in [0.1, 0.15) is 6.42 Å². The standard InChI is InChI=1S/C5H8O5/c6-2-1-3(7)10-4(2)5(8)9/h2-4,6-7H,1H2,(H,8,9)/t2?,3-,4+/m0/s1. The summed E-state index contributed by atoms with van der Waals surface area (Å²) in [5.41, 5.74) is 0. The molecule has 3 N–H and O–H groups in total. The van der Waals surface area contributed by atoms with Crippen molar-refractivity contribution in [1.82, 2.24) is 0 Å². The second-order valence-electron chi connectivity index (χ2n) is 2.15. The van der Waals surface area contributed by atoms with Gasteiger partial charge in [0.15, 0.2) is 12.4 Å². The predicted molar refractivity (Wildman–Crippen MR) is 29.1 cm³/mol. The van der Waals surface area contributed by atoms with E-state index < -0.39 is 24.5 Å². The molecule has 0 bridgehead atoms. The molecule has 58 valence electrons. The van der Waals surface area contributed by atoms with Crippen LogP contribution in [0.5, 0.6) is 0 Å². The van der Waals surface area contributed by atoms with E-state index in [2.05, 4.69) is 4.74 Å². The molecular weight excluding hydrogens is 140 g/mol. The number of rotatable bonds is 1. The van der Waals surface area contributed by atoms with Crippen molar-refractivity contribution in [3.8, 4) is 0 Å². The molecule has 1 aliphatic heterocycles. The lowest BCUT2D eigenvalue weighted by molar-refractivity contribution is -0.162. The molecule has 5 nitrogen and oxygen atoms in total. The Hall–Kier alpha value is -0.650. The van der Waals surface area contributed by atoms with E-state index in [0.717, 1.165) is 0 Å². The molecule has 1 saturated heterocycles. The van der Waals surface area contributed by atoms with Crippen LogP contribution >= 0.6 is 0 Å². The SMILES string of the molecule is O=C(O)[C@@H]1O[C@H](O)CC1O. The van der Waals surface area contributed by atoms with Gasteiger partial charge < -0.3 is 20.1 Å². The second-order valence-corrected chi connectivity index (χ2v) is 2.15. The van der Waals surface area contributed by atoms with Crippen LogP contribution in [0, 0.1) is 0 Å². The first-order chi connectivity index (χ1) is 4.61. The average Bonchev–Trinajstić information content (AvgIpc) is 2.10. The van der Waals surface area contributed by atoms with Crippen molar-refractivity contribution < 1.29 is 24.9 Å². The van der Waals surface area contributed by atoms with Gasteiger partial charge in [-0.2, -0.15) is 0 Å². The van der Waals surface area contributed by atoms with Crippen molar-refractivity contribution in [3.63, 3.8) is 0 Å². The average molecular weight is 148 g/mol. The van der Waals surface area contributed by atoms with Crippen LogP contribution in [0.4, 0.5) is 0 Å². The van der Waals surface area contributed by atoms with Gasteiger partial charge in [0.05, 0.1) is 6.10 Å². The van der Waals surface area contributed by atoms with Crippen LogP contribution in [-0.2, 0) is 9.53 Å². The zero-order chi connectivity index (χ0) is 7.72. The van der Waals surface area contributed by atoms with Gasteiger partial charge in [-0.1, -0.05) is 0 Å². The largest absolute Gasteiger partial charge is 0.479 e. The molecule has 0 saturated carbocycles. The van der Waals surface area contributed by atoms with E-state index in [1.807, 2.05) is 0 Å². The fourth-order valence-electron chi connectivity index (χ4n) is 0.868. The first-order valence-corrected chi connectivity index (χ1v) is 2.85. The summed E-state index contributed by atoms with van der Waals surface area (Å²) in [7, 11) is 0. The molecule has 0 radical (unpaired) electrons. The molecule has 1 aliphatic rings. The van der Waals surface area contributed by atoms with Crippen molar-refractivity contribution in [3.05, 3.63) is 0 Å². The van der Waals surface area contributed by atoms with Crippen molar-refractivity contribution in [1.29, 1.82) is 0 Å². The number of aliphatic hydroxyl groups is 2. The van der Waals surface area contributed by atoms with Crippen molar-refractivity contribution in [2.24, 2.45) is 0 Å². The summed E-state index contributed by atoms with van der Waals surface area (Å²) in [6.45, 7) is 0. The molecule has 1 unspecified atom stereocenters. The molecule has 1 rings (SSSR count). The Labute approximate surface area is 56.9 Å². The van der Waals surface area contributed by atoms with Gasteiger partial charge in [-0.25, -0.2) is 4.79 Å². The Bertz CT molecular complexity index is 145. The minimum atomic E-state index is -1.27. The molecule has 10 heavy (non-hydrogen) atoms. The molecule has 0 aromatic heterocycles. The van der Waals surface area contributed by atoms with E-state index in [1.165, 1.54) is 0 Å². The van der Waals surface area contributed by atoms with E-state index in [0.29, 0.717) is 0 Å². The van der Waals surface area contributed by atoms with E-state index in [-0.39, 0.29) is 6.42 Å². The lowest BCUT2D eigenvalue weighted by Gasteiger charge is -2.06. The highest BCUT2D eigenvalue weighted by Gasteiger charge is 2.37. The zero-order valence-electron chi connectivity index (χ0n) is 5.10. The number of carboxylic acid groups (broad SMARTS) is 1. The van der Waals surface area contributed by atoms with Gasteiger partial charge in [0.25, 0.3) is 0 Å². The Morgan fingerprint density at radius 3 is 2.30 bits per heavy atom. The molecular formula is C5H8O5. The number of aliphatic carboxylic acids is 1. The van der Waals surface area contributed by atoms with Crippen LogP contribution < -0.4 is 0 Å². The highest BCUT2D eigenvalue weighted by Crippen LogP contribution is 2.18. The molecule has 0 aromatic rings. The van der Waals surface area contributed by atoms with Gasteiger partial charge in [0.2, 0.25) is 0 Å². The summed E-state index contributed by atoms with van der Waals surface area (Å²) in [5.74, 6) is -1.25. The van der Waals surface area contributed by atoms with Crippen molar-refractivity contribution >= 4 is 5.97 Å². The van der Waals surface area contributed by atoms with Crippen LogP contribution in [0.3, 0.4) is 0 Å². The van der Waals surface area contributed by atoms with Gasteiger partial charge in [0, 0.05) is 6.42 Å². The second kappa shape index (κ2) is 2.53. The maximum atomic E-state index is 10.2. The van der Waals surface area contributed by atoms with E-state index >= 15 is 0 Å². The molecule has 0 aromatic carbocycles. The molecule has 0 aliphatic carbocycles. The first-order valence-electron chi connectivity index (χ1n) is 2.85. The number of aliphatic hydroxyl groups excluding tert-OH is 2. The quantitative estimate of drug-likeness (QED) is 0.423. The highest BCUT2D eigenvalue weighted by molar-refractivity contribution is 5.73. The number of ether oxygens (including phenoxy) is 1. The Morgan fingerprint density at radius 2 is 2.10 bits per heavy atom. The van der Waals surface area contributed by atoms with E-state index in [4.69, 9.17) is 15.3 Å². The molecule has 3 atom stereocenters. The van der Waals surface area contributed by atoms with E-state index in [9.17, 15) is 4.79 Å². The van der Waals surface area contributed by atoms with Gasteiger partial charge in [0.1, 0.15) is 0 Å². The van der Waals surface area contributed by atoms with Gasteiger partial charge in [-0.15, -0.1) is 0 Å². The Kier molecular flexibility index (Phi) is 1.89. The number of carboxylic acids is 1. The molecule has 1 heterocycles. The minimum absolute atomic E-state index is 0.0308. The summed E-state index contributed by atoms with van der Waals surface area (Å²) in [5, 5.41) is 25.8. The fourth-order valence-corrected chi connectivity index (χ4v) is 0.868. The summed E-state index contributed by atoms with van der Waals surface area (Å²) < 4.78 is 4.44. The minimum Gasteiger partial charge on any atom is -0.479 e. The van der Waals surface area contributed by atoms with E-state index in [1.54, 1.807) is 0 Å². The summed E-state index contributed by atoms with van der Waals surface area (Å²) in [6.07, 6.45) is -3.53. The highest BCUT2D eigenvalue weighted by atomic mass is 16.6. The van der Waals surface area contributed by atoms with Gasteiger partial charge in [-0.05, 0) is 0 Å². The number of carbonyl (C=O) groups is 1. The molecule has 0 amide bonds. The number of hydrogen-bond acceptors (Lipinski definition) is 4. The van der Waals surface area contributed by atoms with Crippen LogP contribution in [0.25, 0.3) is 0 Å². The summed E-state index contributed by atoms with van der Waals surface area (Å²) >= 11 is 0. The normalized spacial score (nSPS) is 40.0. The maximum absolute atomic E-state index is 10.2. The predicted octanol–water partition coefficient (Wildman–Crippen LogP) is -1.46. The molecule has 0 spiro atoms. The van der Waals surface area contributed by atoms with Crippen molar-refractivity contribution in [2.75, 3.05) is 0 Å². The topological polar surface area (TPSA) is 87.0 Å². The van der Waals surface area contributed by atoms with Gasteiger partial charge in [-0.3, -0.25) is 0 Å². The van der Waals surface area contributed by atoms with Crippen LogP contribution in [0.15, 0.2) is 0 Å². The lowest BCUT2D eigenvalue weighted by Crippen LogP contribution is -2.29. The molecule has 5 heteroatoms. The third-order valence-corrected chi connectivity index (χ3v) is 1.34. The van der Waals surface area contributed by atoms with Crippen molar-refractivity contribution in [2.45, 2.75) is 24.9 Å². The van der Waals surface area contributed by atoms with Crippen LogP contribution in [0.2, 0.25) is 0 Å². The third kappa shape index (κ3) is 1.26. The first kappa shape index (κ1) is 7.46. The maximum Gasteiger partial charge on any atom is 0.335 e. The fraction of sp³-hybridized carbons (Fsp3) is 0.800. The molecule has 1 fully saturated rings.